The van der Waals surface area contributed by atoms with Crippen LogP contribution in [-0.2, 0) is 15.8 Å². The van der Waals surface area contributed by atoms with Gasteiger partial charge in [0.2, 0.25) is 0 Å². The first-order valence-electron chi connectivity index (χ1n) is 9.56. The summed E-state index contributed by atoms with van der Waals surface area (Å²) in [6.07, 6.45) is -1.46. The minimum Gasteiger partial charge on any atom is -0.511 e. The molecule has 0 aromatic heterocycles. The predicted octanol–water partition coefficient (Wildman–Crippen LogP) is 7.17. The van der Waals surface area contributed by atoms with Crippen LogP contribution in [0.25, 0.3) is 0 Å². The topological polar surface area (TPSA) is 58.9 Å². The van der Waals surface area contributed by atoms with Gasteiger partial charge in [-0.15, -0.1) is 11.8 Å². The minimum atomic E-state index is -4.51. The molecule has 0 aliphatic heterocycles. The van der Waals surface area contributed by atoms with Crippen LogP contribution in [0.1, 0.15) is 38.2 Å². The van der Waals surface area contributed by atoms with Crippen molar-refractivity contribution in [3.05, 3.63) is 51.7 Å². The molecule has 4 nitrogen and oxygen atoms in total. The number of oxime groups is 1. The first kappa shape index (κ1) is 25.6. The summed E-state index contributed by atoms with van der Waals surface area (Å²) in [6.45, 7) is 1.95. The molecule has 0 spiro atoms. The molecule has 1 N–H and O–H groups in total. The standard InChI is InChI=1S/C21H22Cl2F3NO3S/c1-2-17(27-30-8-3-7-22)20-18(28)10-13(11-19(20)29)6-9-31-14-4-5-16(23)15(12-14)21(24,25)26/h3-5,7,12-13,28H,2,6,8-11H2,1H3/b7-3+,27-17?. The molecule has 170 valence electrons. The van der Waals surface area contributed by atoms with Crippen molar-refractivity contribution in [1.29, 1.82) is 0 Å². The Bertz CT molecular complexity index is 885. The van der Waals surface area contributed by atoms with Gasteiger partial charge < -0.3 is 9.94 Å². The first-order valence-corrected chi connectivity index (χ1v) is 11.4. The van der Waals surface area contributed by atoms with Gasteiger partial charge in [0.15, 0.2) is 5.78 Å². The molecule has 0 saturated heterocycles. The van der Waals surface area contributed by atoms with Gasteiger partial charge in [-0.05, 0) is 48.8 Å². The second-order valence-corrected chi connectivity index (χ2v) is 8.67. The van der Waals surface area contributed by atoms with E-state index in [9.17, 15) is 23.1 Å². The number of nitrogens with zero attached hydrogens (tertiary/aromatic N) is 1. The zero-order valence-corrected chi connectivity index (χ0v) is 19.0. The first-order chi connectivity index (χ1) is 14.7. The Balaban J connectivity index is 1.98. The summed E-state index contributed by atoms with van der Waals surface area (Å²) in [5.41, 5.74) is 0.987. The molecule has 1 aliphatic carbocycles. The Labute approximate surface area is 193 Å². The average Bonchev–Trinajstić information content (AvgIpc) is 2.69. The van der Waals surface area contributed by atoms with Crippen molar-refractivity contribution in [2.45, 2.75) is 43.7 Å². The number of alkyl halides is 3. The van der Waals surface area contributed by atoms with Crippen molar-refractivity contribution < 1.29 is 27.9 Å². The van der Waals surface area contributed by atoms with Crippen molar-refractivity contribution >= 4 is 46.5 Å². The lowest BCUT2D eigenvalue weighted by Gasteiger charge is -2.23. The highest BCUT2D eigenvalue weighted by Gasteiger charge is 2.33. The molecule has 1 atom stereocenters. The Morgan fingerprint density at radius 3 is 2.74 bits per heavy atom. The second kappa shape index (κ2) is 11.8. The van der Waals surface area contributed by atoms with Crippen LogP contribution in [0, 0.1) is 5.92 Å². The highest BCUT2D eigenvalue weighted by molar-refractivity contribution is 7.99. The normalized spacial score (nSPS) is 18.2. The number of aliphatic hydroxyl groups excluding tert-OH is 1. The summed E-state index contributed by atoms with van der Waals surface area (Å²) in [4.78, 5) is 18.1. The van der Waals surface area contributed by atoms with E-state index in [0.717, 1.165) is 6.07 Å². The molecular weight excluding hydrogens is 474 g/mol. The summed E-state index contributed by atoms with van der Waals surface area (Å²) < 4.78 is 38.9. The van der Waals surface area contributed by atoms with Gasteiger partial charge in [0.05, 0.1) is 21.9 Å². The maximum Gasteiger partial charge on any atom is 0.417 e. The van der Waals surface area contributed by atoms with Gasteiger partial charge in [0.1, 0.15) is 12.4 Å². The number of aliphatic hydroxyl groups is 1. The number of thioether (sulfide) groups is 1. The molecule has 0 radical (unpaired) electrons. The summed E-state index contributed by atoms with van der Waals surface area (Å²) in [5.74, 6) is 0.148. The van der Waals surface area contributed by atoms with Crippen LogP contribution in [-0.4, -0.2) is 29.0 Å². The van der Waals surface area contributed by atoms with E-state index in [0.29, 0.717) is 35.6 Å². The molecule has 1 aromatic carbocycles. The molecular formula is C21H22Cl2F3NO3S. The van der Waals surface area contributed by atoms with Gasteiger partial charge >= 0.3 is 6.18 Å². The number of allylic oxidation sites excluding steroid dienone is 2. The lowest BCUT2D eigenvalue weighted by molar-refractivity contribution is -0.137. The summed E-state index contributed by atoms with van der Waals surface area (Å²) in [6, 6.07) is 3.79. The van der Waals surface area contributed by atoms with E-state index in [2.05, 4.69) is 5.16 Å². The second-order valence-electron chi connectivity index (χ2n) is 6.84. The molecule has 10 heteroatoms. The largest absolute Gasteiger partial charge is 0.511 e. The van der Waals surface area contributed by atoms with Crippen LogP contribution < -0.4 is 0 Å². The Kier molecular flexibility index (Phi) is 9.78. The maximum absolute atomic E-state index is 13.0. The third-order valence-corrected chi connectivity index (χ3v) is 6.15. The zero-order valence-electron chi connectivity index (χ0n) is 16.7. The van der Waals surface area contributed by atoms with Gasteiger partial charge in [0, 0.05) is 23.3 Å². The average molecular weight is 496 g/mol. The molecule has 1 aromatic rings. The fourth-order valence-electron chi connectivity index (χ4n) is 3.14. The third-order valence-electron chi connectivity index (χ3n) is 4.62. The number of rotatable bonds is 9. The number of benzene rings is 1. The van der Waals surface area contributed by atoms with Crippen LogP contribution in [0.4, 0.5) is 13.2 Å². The van der Waals surface area contributed by atoms with Crippen LogP contribution in [0.3, 0.4) is 0 Å². The van der Waals surface area contributed by atoms with E-state index in [1.165, 1.54) is 29.4 Å². The van der Waals surface area contributed by atoms with Crippen LogP contribution in [0.2, 0.25) is 5.02 Å². The molecule has 31 heavy (non-hydrogen) atoms. The third kappa shape index (κ3) is 7.47. The summed E-state index contributed by atoms with van der Waals surface area (Å²) in [7, 11) is 0. The molecule has 1 unspecified atom stereocenters. The molecule has 0 amide bonds. The Morgan fingerprint density at radius 1 is 1.39 bits per heavy atom. The lowest BCUT2D eigenvalue weighted by atomic mass is 9.83. The minimum absolute atomic E-state index is 0.0332. The van der Waals surface area contributed by atoms with E-state index < -0.39 is 11.7 Å². The van der Waals surface area contributed by atoms with Crippen LogP contribution >= 0.6 is 35.0 Å². The van der Waals surface area contributed by atoms with E-state index in [1.54, 1.807) is 13.0 Å². The van der Waals surface area contributed by atoms with Gasteiger partial charge in [-0.2, -0.15) is 13.2 Å². The predicted molar refractivity (Wildman–Crippen MR) is 118 cm³/mol. The van der Waals surface area contributed by atoms with Crippen molar-refractivity contribution in [3.63, 3.8) is 0 Å². The number of carbonyl (C=O) groups excluding carboxylic acids is 1. The van der Waals surface area contributed by atoms with Crippen LogP contribution in [0.15, 0.2) is 51.2 Å². The molecule has 1 aliphatic rings. The molecule has 2 rings (SSSR count). The summed E-state index contributed by atoms with van der Waals surface area (Å²) >= 11 is 12.3. The molecule has 0 saturated carbocycles. The number of hydrogen-bond acceptors (Lipinski definition) is 5. The van der Waals surface area contributed by atoms with E-state index in [-0.39, 0.29) is 41.1 Å². The smallest absolute Gasteiger partial charge is 0.417 e. The highest BCUT2D eigenvalue weighted by atomic mass is 35.5. The molecule has 0 bridgehead atoms. The van der Waals surface area contributed by atoms with Crippen molar-refractivity contribution in [2.75, 3.05) is 12.4 Å². The van der Waals surface area contributed by atoms with Crippen molar-refractivity contribution in [1.82, 2.24) is 0 Å². The van der Waals surface area contributed by atoms with Gasteiger partial charge in [0.25, 0.3) is 0 Å². The number of hydrogen-bond donors (Lipinski definition) is 1. The monoisotopic (exact) mass is 495 g/mol. The Morgan fingerprint density at radius 2 is 2.13 bits per heavy atom. The van der Waals surface area contributed by atoms with Crippen molar-refractivity contribution in [3.8, 4) is 0 Å². The lowest BCUT2D eigenvalue weighted by Crippen LogP contribution is -2.25. The van der Waals surface area contributed by atoms with Gasteiger partial charge in [-0.25, -0.2) is 0 Å². The summed E-state index contributed by atoms with van der Waals surface area (Å²) in [5, 5.41) is 14.0. The van der Waals surface area contributed by atoms with E-state index in [1.807, 2.05) is 0 Å². The SMILES string of the molecule is CCC(=NOC/C=C/Cl)C1=C(O)CC(CCSc2ccc(Cl)c(C(F)(F)F)c2)CC1=O. The molecule has 0 fully saturated rings. The number of carbonyl (C=O) groups is 1. The van der Waals surface area contributed by atoms with E-state index in [4.69, 9.17) is 28.0 Å². The zero-order chi connectivity index (χ0) is 23.0. The molecule has 0 heterocycles. The number of Topliss-reactive ketones (excluding diaryl/α,β-unsaturated/α-hetero) is 1. The van der Waals surface area contributed by atoms with Gasteiger partial charge in [-0.3, -0.25) is 4.79 Å². The van der Waals surface area contributed by atoms with Crippen molar-refractivity contribution in [2.24, 2.45) is 11.1 Å². The fourth-order valence-corrected chi connectivity index (χ4v) is 4.49. The highest BCUT2D eigenvalue weighted by Crippen LogP contribution is 2.38. The Hall–Kier alpha value is -1.64. The quantitative estimate of drug-likeness (QED) is 0.171. The van der Waals surface area contributed by atoms with Crippen LogP contribution in [0.5, 0.6) is 0 Å². The van der Waals surface area contributed by atoms with E-state index >= 15 is 0 Å². The fraction of sp³-hybridized carbons (Fsp3) is 0.429. The van der Waals surface area contributed by atoms with Gasteiger partial charge in [-0.1, -0.05) is 35.3 Å². The maximum atomic E-state index is 13.0. The number of halogens is 5. The number of ketones is 1.